The fourth-order valence-electron chi connectivity index (χ4n) is 6.83. The average Bonchev–Trinajstić information content (AvgIpc) is 3.25. The highest BCUT2D eigenvalue weighted by Gasteiger charge is 2.36. The summed E-state index contributed by atoms with van der Waals surface area (Å²) in [7, 11) is 0. The maximum Gasteiger partial charge on any atom is 0.0465 e. The molecule has 0 saturated carbocycles. The van der Waals surface area contributed by atoms with E-state index in [4.69, 9.17) is 0 Å². The van der Waals surface area contributed by atoms with E-state index in [9.17, 15) is 0 Å². The minimum Gasteiger partial charge on any atom is -0.336 e. The van der Waals surface area contributed by atoms with E-state index in [1.165, 1.54) is 56.0 Å². The van der Waals surface area contributed by atoms with Crippen LogP contribution in [0.25, 0.3) is 11.1 Å². The lowest BCUT2D eigenvalue weighted by Crippen LogP contribution is -2.40. The molecular formula is C43H48N2. The van der Waals surface area contributed by atoms with Crippen LogP contribution in [0.1, 0.15) is 88.6 Å². The summed E-state index contributed by atoms with van der Waals surface area (Å²) in [5, 5.41) is 0. The van der Waals surface area contributed by atoms with E-state index < -0.39 is 0 Å². The normalized spacial score (nSPS) is 13.5. The topological polar surface area (TPSA) is 6.48 Å². The molecule has 0 N–H and O–H groups in total. The Hall–Kier alpha value is -4.30. The van der Waals surface area contributed by atoms with E-state index in [0.29, 0.717) is 5.92 Å². The number of hydrogen-bond acceptors (Lipinski definition) is 2. The van der Waals surface area contributed by atoms with E-state index >= 15 is 0 Å². The second-order valence-electron chi connectivity index (χ2n) is 14.3. The summed E-state index contributed by atoms with van der Waals surface area (Å²) < 4.78 is 0. The van der Waals surface area contributed by atoms with Gasteiger partial charge in [-0.05, 0) is 129 Å². The van der Waals surface area contributed by atoms with Crippen LogP contribution >= 0.6 is 0 Å². The SMILES string of the molecule is CCC(C)(C)N(c1ccc(C)cc1)c1ccc(N(c2ccc(C)cc2)c2ccc3c(c2)C(C)(C)c2cc(C(C)C)ccc2-3)cc1. The second-order valence-corrected chi connectivity index (χ2v) is 14.3. The lowest BCUT2D eigenvalue weighted by molar-refractivity contribution is 0.488. The van der Waals surface area contributed by atoms with E-state index in [0.717, 1.165) is 17.8 Å². The lowest BCUT2D eigenvalue weighted by atomic mass is 9.81. The molecule has 0 spiro atoms. The van der Waals surface area contributed by atoms with Gasteiger partial charge in [0.1, 0.15) is 0 Å². The zero-order valence-corrected chi connectivity index (χ0v) is 28.6. The Morgan fingerprint density at radius 1 is 0.578 bits per heavy atom. The minimum absolute atomic E-state index is 0.0383. The van der Waals surface area contributed by atoms with Crippen molar-refractivity contribution in [2.45, 2.75) is 85.6 Å². The van der Waals surface area contributed by atoms with Gasteiger partial charge in [0.15, 0.2) is 0 Å². The fourth-order valence-corrected chi connectivity index (χ4v) is 6.83. The van der Waals surface area contributed by atoms with Crippen LogP contribution in [0.2, 0.25) is 0 Å². The number of aryl methyl sites for hydroxylation is 2. The van der Waals surface area contributed by atoms with E-state index in [2.05, 4.69) is 181 Å². The highest BCUT2D eigenvalue weighted by atomic mass is 15.2. The number of hydrogen-bond donors (Lipinski definition) is 0. The quantitative estimate of drug-likeness (QED) is 0.177. The van der Waals surface area contributed by atoms with E-state index in [1.54, 1.807) is 0 Å². The Morgan fingerprint density at radius 2 is 1.00 bits per heavy atom. The van der Waals surface area contributed by atoms with Crippen molar-refractivity contribution in [1.82, 2.24) is 0 Å². The molecule has 5 aromatic carbocycles. The van der Waals surface area contributed by atoms with E-state index in [-0.39, 0.29) is 11.0 Å². The Kier molecular flexibility index (Phi) is 7.89. The minimum atomic E-state index is -0.0747. The van der Waals surface area contributed by atoms with Crippen molar-refractivity contribution in [2.75, 3.05) is 9.80 Å². The Balaban J connectivity index is 1.44. The zero-order valence-electron chi connectivity index (χ0n) is 28.6. The van der Waals surface area contributed by atoms with Crippen LogP contribution in [-0.4, -0.2) is 5.54 Å². The Morgan fingerprint density at radius 3 is 1.51 bits per heavy atom. The maximum atomic E-state index is 2.48. The molecule has 6 rings (SSSR count). The molecule has 0 atom stereocenters. The number of fused-ring (bicyclic) bond motifs is 3. The van der Waals surface area contributed by atoms with Crippen LogP contribution in [0.15, 0.2) is 109 Å². The molecule has 0 aliphatic heterocycles. The first-order valence-corrected chi connectivity index (χ1v) is 16.5. The Labute approximate surface area is 271 Å². The van der Waals surface area contributed by atoms with Gasteiger partial charge in [0, 0.05) is 39.4 Å². The van der Waals surface area contributed by atoms with Crippen LogP contribution in [-0.2, 0) is 5.41 Å². The third kappa shape index (κ3) is 5.56. The van der Waals surface area contributed by atoms with Crippen LogP contribution in [0.4, 0.5) is 28.4 Å². The van der Waals surface area contributed by atoms with Gasteiger partial charge in [0.25, 0.3) is 0 Å². The van der Waals surface area contributed by atoms with Gasteiger partial charge in [-0.3, -0.25) is 0 Å². The molecule has 45 heavy (non-hydrogen) atoms. The number of rotatable bonds is 8. The zero-order chi connectivity index (χ0) is 32.1. The highest BCUT2D eigenvalue weighted by molar-refractivity contribution is 5.86. The summed E-state index contributed by atoms with van der Waals surface area (Å²) in [6.45, 7) is 20.5. The van der Waals surface area contributed by atoms with Crippen molar-refractivity contribution in [3.8, 4) is 11.1 Å². The molecule has 5 aromatic rings. The molecule has 0 fully saturated rings. The van der Waals surface area contributed by atoms with Gasteiger partial charge in [-0.25, -0.2) is 0 Å². The highest BCUT2D eigenvalue weighted by Crippen LogP contribution is 2.51. The molecular weight excluding hydrogens is 544 g/mol. The lowest BCUT2D eigenvalue weighted by Gasteiger charge is -2.40. The summed E-state index contributed by atoms with van der Waals surface area (Å²) in [5.41, 5.74) is 15.3. The van der Waals surface area contributed by atoms with Crippen LogP contribution < -0.4 is 9.80 Å². The molecule has 0 amide bonds. The van der Waals surface area contributed by atoms with Gasteiger partial charge < -0.3 is 9.80 Å². The maximum absolute atomic E-state index is 2.48. The Bertz CT molecular complexity index is 1810. The third-order valence-corrected chi connectivity index (χ3v) is 10.0. The van der Waals surface area contributed by atoms with Crippen molar-refractivity contribution in [1.29, 1.82) is 0 Å². The monoisotopic (exact) mass is 592 g/mol. The van der Waals surface area contributed by atoms with Crippen molar-refractivity contribution in [2.24, 2.45) is 0 Å². The largest absolute Gasteiger partial charge is 0.336 e. The van der Waals surface area contributed by atoms with Crippen LogP contribution in [0.3, 0.4) is 0 Å². The average molecular weight is 593 g/mol. The number of nitrogens with zero attached hydrogens (tertiary/aromatic N) is 2. The molecule has 0 unspecified atom stereocenters. The molecule has 230 valence electrons. The van der Waals surface area contributed by atoms with Crippen molar-refractivity contribution in [3.05, 3.63) is 137 Å². The molecule has 1 aliphatic carbocycles. The van der Waals surface area contributed by atoms with Crippen LogP contribution in [0.5, 0.6) is 0 Å². The summed E-state index contributed by atoms with van der Waals surface area (Å²) in [6, 6.07) is 41.1. The van der Waals surface area contributed by atoms with Gasteiger partial charge >= 0.3 is 0 Å². The van der Waals surface area contributed by atoms with Gasteiger partial charge in [-0.1, -0.05) is 94.3 Å². The van der Waals surface area contributed by atoms with Crippen LogP contribution in [0, 0.1) is 13.8 Å². The van der Waals surface area contributed by atoms with E-state index in [1.807, 2.05) is 0 Å². The van der Waals surface area contributed by atoms with Gasteiger partial charge in [0.2, 0.25) is 0 Å². The van der Waals surface area contributed by atoms with Gasteiger partial charge in [0.05, 0.1) is 0 Å². The first-order valence-electron chi connectivity index (χ1n) is 16.5. The number of anilines is 5. The number of benzene rings is 5. The second kappa shape index (κ2) is 11.6. The fraction of sp³-hybridized carbons (Fsp3) is 0.302. The molecule has 0 radical (unpaired) electrons. The predicted octanol–water partition coefficient (Wildman–Crippen LogP) is 12.5. The first-order chi connectivity index (χ1) is 21.4. The standard InChI is InChI=1S/C43H48N2/c1-10-42(6,7)45(35-18-13-31(5)14-19-35)36-22-20-34(21-23-36)44(33-16-11-30(4)12-17-33)37-24-26-39-38-25-15-32(29(2)3)27-40(38)43(8,9)41(39)28-37/h11-29H,10H2,1-9H3. The van der Waals surface area contributed by atoms with Gasteiger partial charge in [-0.15, -0.1) is 0 Å². The molecule has 0 bridgehead atoms. The molecule has 0 aromatic heterocycles. The summed E-state index contributed by atoms with van der Waals surface area (Å²) >= 11 is 0. The molecule has 2 nitrogen and oxygen atoms in total. The molecule has 2 heteroatoms. The van der Waals surface area contributed by atoms with Crippen molar-refractivity contribution < 1.29 is 0 Å². The smallest absolute Gasteiger partial charge is 0.0465 e. The first kappa shape index (κ1) is 30.7. The summed E-state index contributed by atoms with van der Waals surface area (Å²) in [4.78, 5) is 4.89. The summed E-state index contributed by atoms with van der Waals surface area (Å²) in [6.07, 6.45) is 1.03. The molecule has 0 saturated heterocycles. The van der Waals surface area contributed by atoms with Gasteiger partial charge in [-0.2, -0.15) is 0 Å². The molecule has 1 aliphatic rings. The van der Waals surface area contributed by atoms with Crippen molar-refractivity contribution >= 4 is 28.4 Å². The third-order valence-electron chi connectivity index (χ3n) is 10.0. The molecule has 0 heterocycles. The summed E-state index contributed by atoms with van der Waals surface area (Å²) in [5.74, 6) is 0.509. The predicted molar refractivity (Wildman–Crippen MR) is 195 cm³/mol. The van der Waals surface area contributed by atoms with Crippen molar-refractivity contribution in [3.63, 3.8) is 0 Å².